The summed E-state index contributed by atoms with van der Waals surface area (Å²) >= 11 is 0. The molecular formula is C22H26N3O4+. The molecule has 2 heterocycles. The van der Waals surface area contributed by atoms with Crippen molar-refractivity contribution in [1.29, 1.82) is 0 Å². The lowest BCUT2D eigenvalue weighted by atomic mass is 10.0. The fraction of sp³-hybridized carbons (Fsp3) is 0.409. The fourth-order valence-electron chi connectivity index (χ4n) is 4.31. The molecule has 1 atom stereocenters. The van der Waals surface area contributed by atoms with Crippen molar-refractivity contribution in [2.24, 2.45) is 0 Å². The quantitative estimate of drug-likeness (QED) is 0.474. The van der Waals surface area contributed by atoms with E-state index in [-0.39, 0.29) is 5.69 Å². The summed E-state index contributed by atoms with van der Waals surface area (Å²) in [5.74, 6) is 1.88. The maximum atomic E-state index is 11.8. The lowest BCUT2D eigenvalue weighted by molar-refractivity contribution is -0.658. The molecule has 0 aliphatic carbocycles. The molecule has 0 spiro atoms. The summed E-state index contributed by atoms with van der Waals surface area (Å²) in [6.45, 7) is 3.62. The smallest absolute Gasteiger partial charge is 0.271 e. The van der Waals surface area contributed by atoms with Crippen molar-refractivity contribution in [3.8, 4) is 5.75 Å². The molecule has 2 aliphatic heterocycles. The first-order valence-corrected chi connectivity index (χ1v) is 10.1. The zero-order chi connectivity index (χ0) is 20.4. The second kappa shape index (κ2) is 7.83. The monoisotopic (exact) mass is 396 g/mol. The topological polar surface area (TPSA) is 78.9 Å². The predicted octanol–water partition coefficient (Wildman–Crippen LogP) is 3.64. The average Bonchev–Trinajstić information content (AvgIpc) is 2.88. The third-order valence-electron chi connectivity index (χ3n) is 5.71. The first-order valence-electron chi connectivity index (χ1n) is 10.1. The average molecular weight is 396 g/mol. The Morgan fingerprint density at radius 1 is 1.21 bits per heavy atom. The summed E-state index contributed by atoms with van der Waals surface area (Å²) in [5, 5.41) is 23.0. The second-order valence-electron chi connectivity index (χ2n) is 7.52. The van der Waals surface area contributed by atoms with Crippen LogP contribution in [0.5, 0.6) is 5.75 Å². The highest BCUT2D eigenvalue weighted by Gasteiger charge is 2.52. The molecule has 1 N–H and O–H groups in total. The van der Waals surface area contributed by atoms with Crippen molar-refractivity contribution < 1.29 is 19.3 Å². The molecule has 2 aliphatic rings. The van der Waals surface area contributed by atoms with Gasteiger partial charge in [0.2, 0.25) is 0 Å². The van der Waals surface area contributed by atoms with Crippen molar-refractivity contribution >= 4 is 17.2 Å². The molecule has 0 unspecified atom stereocenters. The fourth-order valence-corrected chi connectivity index (χ4v) is 4.31. The Bertz CT molecular complexity index is 941. The van der Waals surface area contributed by atoms with Crippen LogP contribution in [0.3, 0.4) is 0 Å². The van der Waals surface area contributed by atoms with Gasteiger partial charge in [0, 0.05) is 24.1 Å². The van der Waals surface area contributed by atoms with Crippen LogP contribution in [0, 0.1) is 10.1 Å². The van der Waals surface area contributed by atoms with Gasteiger partial charge in [-0.2, -0.15) is 0 Å². The molecule has 0 aromatic heterocycles. The number of amidine groups is 1. The van der Waals surface area contributed by atoms with Gasteiger partial charge in [-0.15, -0.1) is 0 Å². The molecule has 0 saturated heterocycles. The van der Waals surface area contributed by atoms with Gasteiger partial charge in [0.05, 0.1) is 18.1 Å². The lowest BCUT2D eigenvalue weighted by Crippen LogP contribution is -2.41. The molecule has 29 heavy (non-hydrogen) atoms. The number of ether oxygens (including phenoxy) is 1. The summed E-state index contributed by atoms with van der Waals surface area (Å²) in [6.07, 6.45) is 4.01. The lowest BCUT2D eigenvalue weighted by Gasteiger charge is -2.23. The minimum atomic E-state index is -1.30. The minimum Gasteiger partial charge on any atom is -0.494 e. The number of hydrogen-bond acceptors (Lipinski definition) is 5. The van der Waals surface area contributed by atoms with Gasteiger partial charge < -0.3 is 9.84 Å². The van der Waals surface area contributed by atoms with Gasteiger partial charge in [0.1, 0.15) is 11.4 Å². The van der Waals surface area contributed by atoms with Crippen LogP contribution in [0.1, 0.15) is 38.2 Å². The third-order valence-corrected chi connectivity index (χ3v) is 5.71. The summed E-state index contributed by atoms with van der Waals surface area (Å²) in [7, 11) is 0. The van der Waals surface area contributed by atoms with Crippen molar-refractivity contribution in [2.45, 2.75) is 38.3 Å². The highest BCUT2D eigenvalue weighted by Crippen LogP contribution is 2.36. The minimum absolute atomic E-state index is 0.00758. The van der Waals surface area contributed by atoms with Gasteiger partial charge in [0.15, 0.2) is 6.54 Å². The van der Waals surface area contributed by atoms with E-state index in [1.807, 2.05) is 35.8 Å². The molecular weight excluding hydrogens is 370 g/mol. The Kier molecular flexibility index (Phi) is 5.24. The number of benzene rings is 2. The third kappa shape index (κ3) is 3.58. The van der Waals surface area contributed by atoms with Crippen LogP contribution in [-0.2, 0) is 5.72 Å². The Labute approximate surface area is 170 Å². The number of nitro groups is 1. The summed E-state index contributed by atoms with van der Waals surface area (Å²) in [6, 6.07) is 14.2. The van der Waals surface area contributed by atoms with E-state index in [9.17, 15) is 15.2 Å². The number of non-ortho nitro benzene ring substituents is 1. The van der Waals surface area contributed by atoms with E-state index in [4.69, 9.17) is 4.74 Å². The van der Waals surface area contributed by atoms with E-state index >= 15 is 0 Å². The maximum absolute atomic E-state index is 11.8. The SMILES string of the molecule is CCOc1ccc(N2C[C@](O)(c3cccc([N+](=O)[O-])c3)[N+]3=C2CCCCC3)cc1. The molecule has 0 saturated carbocycles. The molecule has 0 amide bonds. The Morgan fingerprint density at radius 3 is 2.72 bits per heavy atom. The number of aliphatic hydroxyl groups is 1. The van der Waals surface area contributed by atoms with Crippen LogP contribution in [-0.4, -0.2) is 40.1 Å². The van der Waals surface area contributed by atoms with Gasteiger partial charge in [0.25, 0.3) is 17.2 Å². The van der Waals surface area contributed by atoms with E-state index in [1.165, 1.54) is 12.1 Å². The van der Waals surface area contributed by atoms with Crippen LogP contribution in [0.2, 0.25) is 0 Å². The normalized spacial score (nSPS) is 21.7. The zero-order valence-corrected chi connectivity index (χ0v) is 16.6. The van der Waals surface area contributed by atoms with E-state index in [1.54, 1.807) is 12.1 Å². The standard InChI is InChI=1S/C22H26N3O4/c1-2-29-20-12-10-18(11-13-20)23-16-22(26,24-14-5-3-4-9-21(23)24)17-7-6-8-19(15-17)25(27)28/h6-8,10-13,15,26H,2-5,9,14,16H2,1H3/q+1/t22-/m0/s1. The number of anilines is 1. The van der Waals surface area contributed by atoms with Crippen LogP contribution >= 0.6 is 0 Å². The number of rotatable bonds is 5. The number of hydrogen-bond donors (Lipinski definition) is 1. The highest BCUT2D eigenvalue weighted by atomic mass is 16.6. The van der Waals surface area contributed by atoms with E-state index in [0.717, 1.165) is 49.5 Å². The number of nitro benzene ring substituents is 1. The summed E-state index contributed by atoms with van der Waals surface area (Å²) < 4.78 is 7.58. The van der Waals surface area contributed by atoms with Crippen LogP contribution in [0.25, 0.3) is 0 Å². The van der Waals surface area contributed by atoms with Gasteiger partial charge in [-0.3, -0.25) is 10.1 Å². The van der Waals surface area contributed by atoms with Crippen molar-refractivity contribution in [2.75, 3.05) is 24.6 Å². The molecule has 2 aromatic carbocycles. The van der Waals surface area contributed by atoms with Crippen molar-refractivity contribution in [3.63, 3.8) is 0 Å². The molecule has 4 rings (SSSR count). The van der Waals surface area contributed by atoms with Crippen LogP contribution in [0.4, 0.5) is 11.4 Å². The van der Waals surface area contributed by atoms with Crippen molar-refractivity contribution in [1.82, 2.24) is 0 Å². The molecule has 0 bridgehead atoms. The molecule has 0 fully saturated rings. The first kappa shape index (κ1) is 19.4. The summed E-state index contributed by atoms with van der Waals surface area (Å²) in [4.78, 5) is 13.0. The Hall–Kier alpha value is -2.93. The maximum Gasteiger partial charge on any atom is 0.271 e. The number of nitrogens with zero attached hydrogens (tertiary/aromatic N) is 3. The van der Waals surface area contributed by atoms with Gasteiger partial charge in [-0.05, 0) is 50.5 Å². The molecule has 7 heteroatoms. The molecule has 7 nitrogen and oxygen atoms in total. The van der Waals surface area contributed by atoms with E-state index in [2.05, 4.69) is 4.90 Å². The largest absolute Gasteiger partial charge is 0.494 e. The van der Waals surface area contributed by atoms with E-state index in [0.29, 0.717) is 18.7 Å². The van der Waals surface area contributed by atoms with Gasteiger partial charge in [-0.1, -0.05) is 12.1 Å². The molecule has 152 valence electrons. The van der Waals surface area contributed by atoms with E-state index < -0.39 is 10.6 Å². The second-order valence-corrected chi connectivity index (χ2v) is 7.52. The van der Waals surface area contributed by atoms with Crippen LogP contribution < -0.4 is 9.64 Å². The van der Waals surface area contributed by atoms with Crippen LogP contribution in [0.15, 0.2) is 48.5 Å². The molecule has 0 radical (unpaired) electrons. The Balaban J connectivity index is 1.75. The number of β-amino-alcohol motifs (C(OH)–C–C–N with tert-alkyl or cyclic N) is 1. The zero-order valence-electron chi connectivity index (χ0n) is 16.6. The predicted molar refractivity (Wildman–Crippen MR) is 111 cm³/mol. The van der Waals surface area contributed by atoms with Gasteiger partial charge in [-0.25, -0.2) is 9.48 Å². The van der Waals surface area contributed by atoms with Gasteiger partial charge >= 0.3 is 0 Å². The van der Waals surface area contributed by atoms with Crippen molar-refractivity contribution in [3.05, 3.63) is 64.2 Å². The first-order chi connectivity index (χ1) is 14.0. The highest BCUT2D eigenvalue weighted by molar-refractivity contribution is 5.96. The summed E-state index contributed by atoms with van der Waals surface area (Å²) in [5.41, 5.74) is 0.229. The molecule has 2 aromatic rings. The Morgan fingerprint density at radius 2 is 2.00 bits per heavy atom.